The van der Waals surface area contributed by atoms with E-state index in [4.69, 9.17) is 4.98 Å². The summed E-state index contributed by atoms with van der Waals surface area (Å²) in [5.41, 5.74) is 15.6. The first-order chi connectivity index (χ1) is 23.4. The molecule has 0 amide bonds. The predicted molar refractivity (Wildman–Crippen MR) is 193 cm³/mol. The topological polar surface area (TPSA) is 22.2 Å². The molecule has 0 fully saturated rings. The highest BCUT2D eigenvalue weighted by Gasteiger charge is 2.51. The van der Waals surface area contributed by atoms with Crippen LogP contribution in [0.15, 0.2) is 152 Å². The van der Waals surface area contributed by atoms with Crippen molar-refractivity contribution < 1.29 is 0 Å². The molecule has 4 heterocycles. The van der Waals surface area contributed by atoms with Crippen LogP contribution in [0.1, 0.15) is 22.3 Å². The number of benzene rings is 7. The van der Waals surface area contributed by atoms with E-state index in [1.807, 2.05) is 0 Å². The summed E-state index contributed by atoms with van der Waals surface area (Å²) in [7, 11) is 0. The van der Waals surface area contributed by atoms with Gasteiger partial charge < -0.3 is 4.57 Å². The van der Waals surface area contributed by atoms with E-state index in [0.717, 1.165) is 16.7 Å². The number of hydrogen-bond donors (Lipinski definition) is 0. The average molecular weight is 596 g/mol. The van der Waals surface area contributed by atoms with E-state index >= 15 is 0 Å². The molecule has 0 N–H and O–H groups in total. The van der Waals surface area contributed by atoms with Gasteiger partial charge in [-0.1, -0.05) is 115 Å². The zero-order valence-electron chi connectivity index (χ0n) is 25.3. The molecule has 0 radical (unpaired) electrons. The largest absolute Gasteiger partial charge is 0.309 e. The van der Waals surface area contributed by atoms with Crippen molar-refractivity contribution >= 4 is 60.2 Å². The fraction of sp³-hybridized carbons (Fsp3) is 0.0227. The molecule has 3 aromatic heterocycles. The van der Waals surface area contributed by atoms with Crippen molar-refractivity contribution in [2.75, 3.05) is 0 Å². The fourth-order valence-corrected chi connectivity index (χ4v) is 9.43. The first-order valence-corrected chi connectivity index (χ1v) is 16.3. The van der Waals surface area contributed by atoms with E-state index in [2.05, 4.69) is 161 Å². The van der Waals surface area contributed by atoms with Crippen molar-refractivity contribution in [1.82, 2.24) is 14.0 Å². The molecule has 0 bridgehead atoms. The van der Waals surface area contributed by atoms with Crippen molar-refractivity contribution in [3.8, 4) is 16.8 Å². The van der Waals surface area contributed by atoms with Crippen molar-refractivity contribution in [3.05, 3.63) is 174 Å². The molecule has 12 rings (SSSR count). The highest BCUT2D eigenvalue weighted by molar-refractivity contribution is 6.31. The number of hydrogen-bond acceptors (Lipinski definition) is 1. The Morgan fingerprint density at radius 2 is 1.04 bits per heavy atom. The Morgan fingerprint density at radius 1 is 0.447 bits per heavy atom. The van der Waals surface area contributed by atoms with Gasteiger partial charge in [-0.2, -0.15) is 0 Å². The molecule has 0 saturated carbocycles. The van der Waals surface area contributed by atoms with Gasteiger partial charge in [-0.3, -0.25) is 4.40 Å². The number of fused-ring (bicyclic) bond motifs is 21. The second-order valence-electron chi connectivity index (χ2n) is 13.1. The highest BCUT2D eigenvalue weighted by atomic mass is 15.0. The second-order valence-corrected chi connectivity index (χ2v) is 13.1. The number of nitrogens with zero attached hydrogens (tertiary/aromatic N) is 3. The Bertz CT molecular complexity index is 2980. The summed E-state index contributed by atoms with van der Waals surface area (Å²) in [6.45, 7) is 0. The van der Waals surface area contributed by atoms with E-state index < -0.39 is 5.41 Å². The van der Waals surface area contributed by atoms with Crippen LogP contribution in [0.2, 0.25) is 0 Å². The van der Waals surface area contributed by atoms with Gasteiger partial charge in [0.2, 0.25) is 0 Å². The Kier molecular flexibility index (Phi) is 4.17. The Morgan fingerprint density at radius 3 is 1.83 bits per heavy atom. The summed E-state index contributed by atoms with van der Waals surface area (Å²) in [6.07, 6.45) is 0. The minimum atomic E-state index is -0.478. The van der Waals surface area contributed by atoms with Gasteiger partial charge in [0.05, 0.1) is 38.7 Å². The van der Waals surface area contributed by atoms with Crippen LogP contribution < -0.4 is 0 Å². The van der Waals surface area contributed by atoms with E-state index in [1.165, 1.54) is 82.5 Å². The van der Waals surface area contributed by atoms with Gasteiger partial charge in [-0.05, 0) is 75.2 Å². The van der Waals surface area contributed by atoms with Crippen LogP contribution in [0, 0.1) is 0 Å². The standard InChI is InChI=1S/C44H25N3/c1-5-17-31-26(13-1)27-14-2-6-18-32(27)44(31)33-19-7-11-23-38(33)46-37-22-10-4-16-29(37)40-41-30(25-34(44)42(40)46)28-15-3-9-21-36(28)47-39-24-12-8-20-35(39)45-43(41)47/h1-25H. The molecule has 216 valence electrons. The molecule has 1 aliphatic carbocycles. The van der Waals surface area contributed by atoms with E-state index in [0.29, 0.717) is 0 Å². The van der Waals surface area contributed by atoms with Gasteiger partial charge in [0, 0.05) is 21.5 Å². The maximum absolute atomic E-state index is 5.39. The second kappa shape index (κ2) is 8.14. The third kappa shape index (κ3) is 2.60. The summed E-state index contributed by atoms with van der Waals surface area (Å²) in [6, 6.07) is 56.1. The summed E-state index contributed by atoms with van der Waals surface area (Å²) in [5.74, 6) is 0. The SMILES string of the molecule is c1ccc2c(c1)-c1ccccc1C21c2ccccc2-n2c3ccccc3c3c4c(cc1c32)c1ccccc1n1c2ccccc2nc41. The molecular formula is C44H25N3. The molecule has 3 nitrogen and oxygen atoms in total. The normalized spacial score (nSPS) is 14.1. The van der Waals surface area contributed by atoms with Crippen LogP contribution in [-0.4, -0.2) is 14.0 Å². The maximum atomic E-state index is 5.39. The van der Waals surface area contributed by atoms with Crippen LogP contribution in [0.5, 0.6) is 0 Å². The number of imidazole rings is 1. The molecule has 0 saturated heterocycles. The molecule has 0 unspecified atom stereocenters. The van der Waals surface area contributed by atoms with E-state index in [1.54, 1.807) is 0 Å². The number of aromatic nitrogens is 3. The van der Waals surface area contributed by atoms with Gasteiger partial charge >= 0.3 is 0 Å². The summed E-state index contributed by atoms with van der Waals surface area (Å²) >= 11 is 0. The molecule has 47 heavy (non-hydrogen) atoms. The fourth-order valence-electron chi connectivity index (χ4n) is 9.43. The van der Waals surface area contributed by atoms with Gasteiger partial charge in [-0.25, -0.2) is 4.98 Å². The van der Waals surface area contributed by atoms with Crippen LogP contribution in [-0.2, 0) is 5.41 Å². The first-order valence-electron chi connectivity index (χ1n) is 16.3. The first kappa shape index (κ1) is 24.1. The zero-order valence-corrected chi connectivity index (χ0v) is 25.3. The van der Waals surface area contributed by atoms with Gasteiger partial charge in [-0.15, -0.1) is 0 Å². The summed E-state index contributed by atoms with van der Waals surface area (Å²) < 4.78 is 4.92. The average Bonchev–Trinajstić information content (AvgIpc) is 3.79. The van der Waals surface area contributed by atoms with Gasteiger partial charge in [0.25, 0.3) is 0 Å². The van der Waals surface area contributed by atoms with Crippen molar-refractivity contribution in [1.29, 1.82) is 0 Å². The summed E-state index contributed by atoms with van der Waals surface area (Å²) in [5, 5.41) is 6.22. The third-order valence-corrected chi connectivity index (χ3v) is 11.1. The molecule has 3 heteroatoms. The molecule has 7 aromatic carbocycles. The van der Waals surface area contributed by atoms with Crippen molar-refractivity contribution in [2.45, 2.75) is 5.41 Å². The van der Waals surface area contributed by atoms with Crippen LogP contribution in [0.25, 0.3) is 77.0 Å². The Balaban J connectivity index is 1.45. The lowest BCUT2D eigenvalue weighted by atomic mass is 9.65. The predicted octanol–water partition coefficient (Wildman–Crippen LogP) is 10.6. The van der Waals surface area contributed by atoms with Crippen molar-refractivity contribution in [3.63, 3.8) is 0 Å². The quantitative estimate of drug-likeness (QED) is 0.160. The van der Waals surface area contributed by atoms with Crippen molar-refractivity contribution in [2.24, 2.45) is 0 Å². The lowest BCUT2D eigenvalue weighted by molar-refractivity contribution is 0.750. The monoisotopic (exact) mass is 595 g/mol. The van der Waals surface area contributed by atoms with E-state index in [9.17, 15) is 0 Å². The minimum Gasteiger partial charge on any atom is -0.309 e. The maximum Gasteiger partial charge on any atom is 0.147 e. The Labute approximate surface area is 269 Å². The van der Waals surface area contributed by atoms with Gasteiger partial charge in [0.15, 0.2) is 0 Å². The van der Waals surface area contributed by atoms with Gasteiger partial charge in [0.1, 0.15) is 5.65 Å². The van der Waals surface area contributed by atoms with Crippen LogP contribution in [0.4, 0.5) is 0 Å². The Hall–Kier alpha value is -6.19. The number of rotatable bonds is 0. The van der Waals surface area contributed by atoms with E-state index in [-0.39, 0.29) is 0 Å². The lowest BCUT2D eigenvalue weighted by Gasteiger charge is -2.40. The smallest absolute Gasteiger partial charge is 0.147 e. The lowest BCUT2D eigenvalue weighted by Crippen LogP contribution is -2.33. The number of pyridine rings is 1. The molecule has 10 aromatic rings. The van der Waals surface area contributed by atoms with Crippen LogP contribution in [0.3, 0.4) is 0 Å². The molecule has 2 aliphatic rings. The summed E-state index contributed by atoms with van der Waals surface area (Å²) in [4.78, 5) is 5.39. The molecular weight excluding hydrogens is 571 g/mol. The zero-order chi connectivity index (χ0) is 30.4. The molecule has 1 aliphatic heterocycles. The third-order valence-electron chi connectivity index (χ3n) is 11.1. The van der Waals surface area contributed by atoms with Crippen LogP contribution >= 0.6 is 0 Å². The minimum absolute atomic E-state index is 0.478. The number of para-hydroxylation sites is 5. The highest BCUT2D eigenvalue weighted by Crippen LogP contribution is 2.62. The molecule has 0 atom stereocenters. The molecule has 1 spiro atoms.